The molecular formula is C39H41ClF3N7O5S. The quantitative estimate of drug-likeness (QED) is 0.0959. The lowest BCUT2D eigenvalue weighted by Crippen LogP contribution is -2.47. The number of thiophene rings is 1. The fourth-order valence-electron chi connectivity index (χ4n) is 8.59. The minimum absolute atomic E-state index is 0.0642. The zero-order valence-corrected chi connectivity index (χ0v) is 32.7. The summed E-state index contributed by atoms with van der Waals surface area (Å²) in [5, 5.41) is 15.2. The molecule has 4 N–H and O–H groups in total. The van der Waals surface area contributed by atoms with Crippen LogP contribution in [-0.2, 0) is 9.53 Å². The predicted molar refractivity (Wildman–Crippen MR) is 209 cm³/mol. The van der Waals surface area contributed by atoms with Crippen molar-refractivity contribution in [2.75, 3.05) is 49.0 Å². The van der Waals surface area contributed by atoms with E-state index >= 15 is 8.78 Å². The first-order valence-corrected chi connectivity index (χ1v) is 19.6. The third-order valence-electron chi connectivity index (χ3n) is 11.3. The smallest absolute Gasteiger partial charge is 0.319 e. The van der Waals surface area contributed by atoms with Crippen LogP contribution in [0.25, 0.3) is 32.1 Å². The molecule has 0 aliphatic carbocycles. The van der Waals surface area contributed by atoms with Crippen LogP contribution in [-0.4, -0.2) is 87.8 Å². The van der Waals surface area contributed by atoms with Gasteiger partial charge in [0.15, 0.2) is 18.3 Å². The Morgan fingerprint density at radius 1 is 1.25 bits per heavy atom. The Morgan fingerprint density at radius 2 is 2.05 bits per heavy atom. The largest absolute Gasteiger partial charge is 0.489 e. The van der Waals surface area contributed by atoms with Gasteiger partial charge in [-0.15, -0.1) is 11.3 Å². The highest BCUT2D eigenvalue weighted by Crippen LogP contribution is 2.52. The van der Waals surface area contributed by atoms with Crippen molar-refractivity contribution in [2.24, 2.45) is 0 Å². The number of aliphatic hydroxyl groups excluding tert-OH is 1. The predicted octanol–water partition coefficient (Wildman–Crippen LogP) is 7.33. The van der Waals surface area contributed by atoms with E-state index in [1.54, 1.807) is 31.0 Å². The number of ether oxygens (including phenoxy) is 3. The number of carbonyl (C=O) groups excluding carboxylic acids is 1. The van der Waals surface area contributed by atoms with Crippen LogP contribution in [0.2, 0.25) is 5.02 Å². The van der Waals surface area contributed by atoms with Crippen LogP contribution in [0, 0.1) is 18.6 Å². The molecule has 296 valence electrons. The van der Waals surface area contributed by atoms with Crippen molar-refractivity contribution in [1.29, 1.82) is 0 Å². The SMILES string of the molecule is CC(=O)OCNc1sc2c(F)ccc(-c3c(Cl)c4c5c(nc(OC[C@@]67CCCN6C[C@H](F)C7)nc5c3F)N(C(C)c3cccnc3N)C(C(C)O)CO4)c2c1C. The molecule has 3 aliphatic heterocycles. The van der Waals surface area contributed by atoms with Crippen molar-refractivity contribution in [3.63, 3.8) is 0 Å². The molecule has 2 aromatic carbocycles. The van der Waals surface area contributed by atoms with Gasteiger partial charge >= 0.3 is 12.0 Å². The van der Waals surface area contributed by atoms with Crippen LogP contribution < -0.4 is 25.4 Å². The number of nitrogens with one attached hydrogen (secondary N) is 1. The number of nitrogens with zero attached hydrogens (tertiary/aromatic N) is 5. The third kappa shape index (κ3) is 6.39. The van der Waals surface area contributed by atoms with Crippen LogP contribution in [0.1, 0.15) is 57.2 Å². The number of aromatic nitrogens is 3. The molecule has 6 heterocycles. The molecule has 17 heteroatoms. The number of alkyl halides is 1. The van der Waals surface area contributed by atoms with E-state index in [1.165, 1.54) is 19.1 Å². The number of carbonyl (C=O) groups is 1. The Kier molecular flexibility index (Phi) is 10.0. The van der Waals surface area contributed by atoms with Crippen LogP contribution in [0.5, 0.6) is 11.8 Å². The molecule has 0 radical (unpaired) electrons. The number of rotatable bonds is 10. The number of halogens is 4. The topological polar surface area (TPSA) is 148 Å². The number of nitrogen functional groups attached to an aromatic ring is 1. The van der Waals surface area contributed by atoms with Crippen molar-refractivity contribution < 1.29 is 37.3 Å². The second kappa shape index (κ2) is 14.7. The summed E-state index contributed by atoms with van der Waals surface area (Å²) in [6.45, 7) is 7.38. The van der Waals surface area contributed by atoms with Gasteiger partial charge in [-0.1, -0.05) is 23.7 Å². The summed E-state index contributed by atoms with van der Waals surface area (Å²) < 4.78 is 66.0. The molecule has 0 amide bonds. The molecule has 0 bridgehead atoms. The van der Waals surface area contributed by atoms with Gasteiger partial charge in [-0.25, -0.2) is 18.2 Å². The number of benzene rings is 2. The fraction of sp³-hybridized carbons (Fsp3) is 0.436. The zero-order valence-electron chi connectivity index (χ0n) is 31.2. The van der Waals surface area contributed by atoms with E-state index in [4.69, 9.17) is 36.5 Å². The maximum atomic E-state index is 17.7. The Hall–Kier alpha value is -4.64. The van der Waals surface area contributed by atoms with Crippen molar-refractivity contribution in [1.82, 2.24) is 19.9 Å². The van der Waals surface area contributed by atoms with Gasteiger partial charge in [0.25, 0.3) is 0 Å². The molecule has 3 aromatic heterocycles. The van der Waals surface area contributed by atoms with E-state index in [-0.39, 0.29) is 75.1 Å². The Labute approximate surface area is 329 Å². The maximum absolute atomic E-state index is 17.7. The molecule has 0 spiro atoms. The van der Waals surface area contributed by atoms with Gasteiger partial charge in [0.05, 0.1) is 43.8 Å². The molecule has 3 unspecified atom stereocenters. The summed E-state index contributed by atoms with van der Waals surface area (Å²) in [4.78, 5) is 29.1. The molecule has 5 aromatic rings. The molecule has 5 atom stereocenters. The number of hydrogen-bond acceptors (Lipinski definition) is 13. The summed E-state index contributed by atoms with van der Waals surface area (Å²) in [6.07, 6.45) is 1.48. The lowest BCUT2D eigenvalue weighted by molar-refractivity contribution is -0.140. The van der Waals surface area contributed by atoms with Crippen LogP contribution in [0.3, 0.4) is 0 Å². The maximum Gasteiger partial charge on any atom is 0.319 e. The van der Waals surface area contributed by atoms with Gasteiger partial charge in [-0.3, -0.25) is 9.69 Å². The molecule has 56 heavy (non-hydrogen) atoms. The highest BCUT2D eigenvalue weighted by Gasteiger charge is 2.49. The number of aliphatic hydroxyl groups is 1. The second-order valence-corrected chi connectivity index (χ2v) is 16.1. The number of aryl methyl sites for hydroxylation is 1. The zero-order chi connectivity index (χ0) is 39.6. The van der Waals surface area contributed by atoms with Gasteiger partial charge in [-0.05, 0) is 63.4 Å². The van der Waals surface area contributed by atoms with Gasteiger partial charge in [0.2, 0.25) is 0 Å². The van der Waals surface area contributed by atoms with E-state index in [1.807, 2.05) is 13.0 Å². The average Bonchev–Trinajstić information content (AvgIpc) is 3.75. The number of hydrogen-bond donors (Lipinski definition) is 3. The lowest BCUT2D eigenvalue weighted by Gasteiger charge is -2.38. The number of anilines is 3. The third-order valence-corrected chi connectivity index (χ3v) is 12.9. The normalized spacial score (nSPS) is 21.8. The Bertz CT molecular complexity index is 2370. The second-order valence-electron chi connectivity index (χ2n) is 14.7. The monoisotopic (exact) mass is 811 g/mol. The van der Waals surface area contributed by atoms with E-state index in [2.05, 4.69) is 20.2 Å². The van der Waals surface area contributed by atoms with E-state index in [0.717, 1.165) is 30.7 Å². The fourth-order valence-corrected chi connectivity index (χ4v) is 10.0. The molecule has 3 aliphatic rings. The van der Waals surface area contributed by atoms with Gasteiger partial charge < -0.3 is 35.3 Å². The summed E-state index contributed by atoms with van der Waals surface area (Å²) in [7, 11) is 0. The van der Waals surface area contributed by atoms with Crippen LogP contribution in [0.15, 0.2) is 30.5 Å². The molecule has 0 saturated carbocycles. The van der Waals surface area contributed by atoms with Gasteiger partial charge in [0, 0.05) is 42.6 Å². The first-order chi connectivity index (χ1) is 26.8. The number of nitrogens with two attached hydrogens (primary N) is 1. The average molecular weight is 812 g/mol. The highest BCUT2D eigenvalue weighted by atomic mass is 35.5. The summed E-state index contributed by atoms with van der Waals surface area (Å²) in [5.74, 6) is -1.37. The highest BCUT2D eigenvalue weighted by molar-refractivity contribution is 7.23. The van der Waals surface area contributed by atoms with Crippen molar-refractivity contribution in [3.05, 3.63) is 58.2 Å². The number of esters is 1. The summed E-state index contributed by atoms with van der Waals surface area (Å²) >= 11 is 8.30. The minimum atomic E-state index is -1.00. The molecule has 2 saturated heterocycles. The van der Waals surface area contributed by atoms with Gasteiger partial charge in [-0.2, -0.15) is 9.97 Å². The van der Waals surface area contributed by atoms with Crippen molar-refractivity contribution in [2.45, 2.75) is 76.9 Å². The minimum Gasteiger partial charge on any atom is -0.489 e. The molecule has 12 nitrogen and oxygen atoms in total. The Morgan fingerprint density at radius 3 is 2.80 bits per heavy atom. The Balaban J connectivity index is 1.35. The molecular weight excluding hydrogens is 771 g/mol. The molecule has 8 rings (SSSR count). The van der Waals surface area contributed by atoms with E-state index < -0.39 is 47.5 Å². The van der Waals surface area contributed by atoms with Gasteiger partial charge in [0.1, 0.15) is 42.4 Å². The van der Waals surface area contributed by atoms with E-state index in [9.17, 15) is 14.3 Å². The number of fused-ring (bicyclic) bond motifs is 2. The number of pyridine rings is 1. The van der Waals surface area contributed by atoms with Crippen molar-refractivity contribution in [3.8, 4) is 22.9 Å². The summed E-state index contributed by atoms with van der Waals surface area (Å²) in [5.41, 5.74) is 7.01. The standard InChI is InChI=1S/C39H41ClF3N7O5S/c1-18-27-24(8-9-25(42)34(27)56-37(18)46-17-55-21(4)52)28-30(40)33-29-32(31(28)43)47-38(54-16-39-10-6-12-49(39)14-22(41)13-39)48-36(29)50(26(15-53-33)20(3)51)19(2)23-7-5-11-45-35(23)44/h5,7-9,11,19-20,22,26,46,51H,6,10,12-17H2,1-4H3,(H2,44,45)/t19?,20?,22-,26?,39+/m1/s1. The van der Waals surface area contributed by atoms with Crippen LogP contribution >= 0.6 is 22.9 Å². The van der Waals surface area contributed by atoms with Crippen molar-refractivity contribution >= 4 is 66.5 Å². The first-order valence-electron chi connectivity index (χ1n) is 18.4. The van der Waals surface area contributed by atoms with E-state index in [0.29, 0.717) is 34.5 Å². The lowest BCUT2D eigenvalue weighted by atomic mass is 9.95. The van der Waals surface area contributed by atoms with Crippen LogP contribution in [0.4, 0.5) is 29.8 Å². The summed E-state index contributed by atoms with van der Waals surface area (Å²) in [6, 6.07) is 4.73. The molecule has 2 fully saturated rings. The first kappa shape index (κ1) is 38.2.